The van der Waals surface area contributed by atoms with Gasteiger partial charge in [-0.05, 0) is 12.8 Å². The topological polar surface area (TPSA) is 102 Å². The molecule has 2 N–H and O–H groups in total. The molecule has 8 nitrogen and oxygen atoms in total. The van der Waals surface area contributed by atoms with Crippen LogP contribution >= 0.6 is 0 Å². The second-order valence-corrected chi connectivity index (χ2v) is 4.16. The Bertz CT molecular complexity index is 564. The van der Waals surface area contributed by atoms with Gasteiger partial charge in [-0.1, -0.05) is 0 Å². The fourth-order valence-electron chi connectivity index (χ4n) is 1.91. The molecular weight excluding hydrogens is 254 g/mol. The van der Waals surface area contributed by atoms with Gasteiger partial charge >= 0.3 is 11.8 Å². The van der Waals surface area contributed by atoms with Crippen LogP contribution < -0.4 is 16.6 Å². The third-order valence-electron chi connectivity index (χ3n) is 2.85. The van der Waals surface area contributed by atoms with Gasteiger partial charge in [0.15, 0.2) is 0 Å². The molecule has 0 radical (unpaired) electrons. The number of alkyl carbamates (subject to hydrolysis) is 1. The lowest BCUT2D eigenvalue weighted by molar-refractivity contribution is -0.0281. The predicted octanol–water partition coefficient (Wildman–Crippen LogP) is -0.430. The molecule has 0 bridgehead atoms. The van der Waals surface area contributed by atoms with Gasteiger partial charge in [0.2, 0.25) is 0 Å². The van der Waals surface area contributed by atoms with E-state index in [4.69, 9.17) is 9.47 Å². The summed E-state index contributed by atoms with van der Waals surface area (Å²) in [7, 11) is 1.47. The van der Waals surface area contributed by atoms with Gasteiger partial charge in [-0.15, -0.1) is 0 Å². The number of hydrogen-bond donors (Lipinski definition) is 2. The quantitative estimate of drug-likeness (QED) is 0.775. The van der Waals surface area contributed by atoms with E-state index in [-0.39, 0.29) is 12.7 Å². The number of hydrogen-bond acceptors (Lipinski definition) is 5. The van der Waals surface area contributed by atoms with Crippen molar-refractivity contribution in [2.45, 2.75) is 25.2 Å². The van der Waals surface area contributed by atoms with Crippen molar-refractivity contribution in [2.75, 3.05) is 13.7 Å². The van der Waals surface area contributed by atoms with Crippen molar-refractivity contribution in [3.8, 4) is 0 Å². The Morgan fingerprint density at radius 3 is 3.05 bits per heavy atom. The maximum atomic E-state index is 11.6. The molecule has 0 spiro atoms. The molecule has 2 heterocycles. The van der Waals surface area contributed by atoms with Crippen LogP contribution in [0.25, 0.3) is 0 Å². The Morgan fingerprint density at radius 1 is 1.58 bits per heavy atom. The number of rotatable bonds is 3. The van der Waals surface area contributed by atoms with E-state index in [1.807, 2.05) is 0 Å². The fourth-order valence-corrected chi connectivity index (χ4v) is 1.91. The van der Waals surface area contributed by atoms with Crippen molar-refractivity contribution in [3.63, 3.8) is 0 Å². The first-order chi connectivity index (χ1) is 9.10. The van der Waals surface area contributed by atoms with Crippen LogP contribution in [0.5, 0.6) is 0 Å². The normalized spacial score (nSPS) is 22.2. The number of carbonyl (C=O) groups excluding carboxylic acids is 1. The number of H-pyrrole nitrogens is 1. The number of aromatic amines is 1. The van der Waals surface area contributed by atoms with E-state index in [1.54, 1.807) is 0 Å². The van der Waals surface area contributed by atoms with Crippen LogP contribution in [0.3, 0.4) is 0 Å². The van der Waals surface area contributed by atoms with Gasteiger partial charge in [0.05, 0.1) is 6.10 Å². The second kappa shape index (κ2) is 5.70. The third kappa shape index (κ3) is 3.22. The van der Waals surface area contributed by atoms with Gasteiger partial charge in [-0.3, -0.25) is 14.3 Å². The summed E-state index contributed by atoms with van der Waals surface area (Å²) in [4.78, 5) is 35.6. The Hall–Kier alpha value is -2.09. The molecule has 2 rings (SSSR count). The first kappa shape index (κ1) is 13.3. The number of aromatic nitrogens is 2. The maximum absolute atomic E-state index is 11.6. The van der Waals surface area contributed by atoms with E-state index in [0.29, 0.717) is 12.8 Å². The molecule has 1 aliphatic heterocycles. The molecule has 8 heteroatoms. The number of carbonyl (C=O) groups is 1. The molecule has 1 fully saturated rings. The van der Waals surface area contributed by atoms with E-state index >= 15 is 0 Å². The van der Waals surface area contributed by atoms with Crippen LogP contribution in [0.15, 0.2) is 21.9 Å². The van der Waals surface area contributed by atoms with E-state index < -0.39 is 23.6 Å². The molecule has 2 unspecified atom stereocenters. The average molecular weight is 269 g/mol. The van der Waals surface area contributed by atoms with Gasteiger partial charge in [0.25, 0.3) is 5.56 Å². The lowest BCUT2D eigenvalue weighted by Gasteiger charge is -2.15. The molecule has 0 aromatic carbocycles. The Balaban J connectivity index is 1.96. The lowest BCUT2D eigenvalue weighted by atomic mass is 10.2. The van der Waals surface area contributed by atoms with Crippen LogP contribution in [-0.4, -0.2) is 35.4 Å². The van der Waals surface area contributed by atoms with Crippen molar-refractivity contribution in [2.24, 2.45) is 0 Å². The van der Waals surface area contributed by atoms with Gasteiger partial charge in [0.1, 0.15) is 12.8 Å². The minimum atomic E-state index is -0.520. The highest BCUT2D eigenvalue weighted by Gasteiger charge is 2.28. The van der Waals surface area contributed by atoms with Gasteiger partial charge in [-0.25, -0.2) is 9.59 Å². The first-order valence-corrected chi connectivity index (χ1v) is 5.91. The van der Waals surface area contributed by atoms with Crippen LogP contribution in [0, 0.1) is 0 Å². The highest BCUT2D eigenvalue weighted by Crippen LogP contribution is 2.26. The summed E-state index contributed by atoms with van der Waals surface area (Å²) in [6.07, 6.45) is 1.48. The Kier molecular flexibility index (Phi) is 4.00. The van der Waals surface area contributed by atoms with Crippen LogP contribution in [-0.2, 0) is 9.47 Å². The predicted molar refractivity (Wildman–Crippen MR) is 64.9 cm³/mol. The SMILES string of the molecule is CNC(=O)OCC1CCC(n2ccc(=O)[nH]c2=O)O1. The lowest BCUT2D eigenvalue weighted by Crippen LogP contribution is -2.32. The molecule has 0 saturated carbocycles. The summed E-state index contributed by atoms with van der Waals surface area (Å²) >= 11 is 0. The molecule has 1 amide bonds. The fraction of sp³-hybridized carbons (Fsp3) is 0.545. The van der Waals surface area contributed by atoms with E-state index in [2.05, 4.69) is 10.3 Å². The highest BCUT2D eigenvalue weighted by atomic mass is 16.6. The van der Waals surface area contributed by atoms with Gasteiger partial charge in [0, 0.05) is 19.3 Å². The minimum Gasteiger partial charge on any atom is -0.447 e. The maximum Gasteiger partial charge on any atom is 0.406 e. The first-order valence-electron chi connectivity index (χ1n) is 5.91. The number of ether oxygens (including phenoxy) is 2. The largest absolute Gasteiger partial charge is 0.447 e. The highest BCUT2D eigenvalue weighted by molar-refractivity contribution is 5.66. The van der Waals surface area contributed by atoms with E-state index in [9.17, 15) is 14.4 Å². The smallest absolute Gasteiger partial charge is 0.406 e. The second-order valence-electron chi connectivity index (χ2n) is 4.16. The summed E-state index contributed by atoms with van der Waals surface area (Å²) in [6.45, 7) is 0.133. The monoisotopic (exact) mass is 269 g/mol. The van der Waals surface area contributed by atoms with Crippen molar-refractivity contribution < 1.29 is 14.3 Å². The molecule has 1 aromatic heterocycles. The Morgan fingerprint density at radius 2 is 2.37 bits per heavy atom. The average Bonchev–Trinajstić information content (AvgIpc) is 2.84. The summed E-state index contributed by atoms with van der Waals surface area (Å²) in [6, 6.07) is 1.26. The van der Waals surface area contributed by atoms with E-state index in [0.717, 1.165) is 0 Å². The van der Waals surface area contributed by atoms with Crippen LogP contribution in [0.4, 0.5) is 4.79 Å². The summed E-state index contributed by atoms with van der Waals surface area (Å²) in [5.41, 5.74) is -0.955. The summed E-state index contributed by atoms with van der Waals surface area (Å²) in [5, 5.41) is 2.34. The van der Waals surface area contributed by atoms with Gasteiger partial charge in [-0.2, -0.15) is 0 Å². The zero-order valence-corrected chi connectivity index (χ0v) is 10.4. The molecule has 1 aliphatic rings. The van der Waals surface area contributed by atoms with E-state index in [1.165, 1.54) is 23.9 Å². The molecule has 104 valence electrons. The van der Waals surface area contributed by atoms with Crippen molar-refractivity contribution in [1.82, 2.24) is 14.9 Å². The number of nitrogens with zero attached hydrogens (tertiary/aromatic N) is 1. The summed E-state index contributed by atoms with van der Waals surface area (Å²) in [5.74, 6) is 0. The standard InChI is InChI=1S/C11H15N3O5/c1-12-11(17)18-6-7-2-3-9(19-7)14-5-4-8(15)13-10(14)16/h4-5,7,9H,2-3,6H2,1H3,(H,12,17)(H,13,15,16). The summed E-state index contributed by atoms with van der Waals surface area (Å²) < 4.78 is 11.8. The zero-order valence-electron chi connectivity index (χ0n) is 10.4. The molecule has 19 heavy (non-hydrogen) atoms. The molecule has 1 aromatic rings. The third-order valence-corrected chi connectivity index (χ3v) is 2.85. The molecule has 1 saturated heterocycles. The molecular formula is C11H15N3O5. The Labute approximate surface area is 108 Å². The van der Waals surface area contributed by atoms with Crippen LogP contribution in [0.1, 0.15) is 19.1 Å². The van der Waals surface area contributed by atoms with Gasteiger partial charge < -0.3 is 14.8 Å². The zero-order chi connectivity index (χ0) is 13.8. The van der Waals surface area contributed by atoms with Crippen molar-refractivity contribution >= 4 is 6.09 Å². The van der Waals surface area contributed by atoms with Crippen molar-refractivity contribution in [1.29, 1.82) is 0 Å². The molecule has 0 aliphatic carbocycles. The number of nitrogens with one attached hydrogen (secondary N) is 2. The van der Waals surface area contributed by atoms with Crippen molar-refractivity contribution in [3.05, 3.63) is 33.1 Å². The molecule has 2 atom stereocenters. The number of amides is 1. The minimum absolute atomic E-state index is 0.133. The van der Waals surface area contributed by atoms with Crippen LogP contribution in [0.2, 0.25) is 0 Å².